The molecule has 1 saturated heterocycles. The van der Waals surface area contributed by atoms with Crippen LogP contribution in [0, 0.1) is 46.8 Å². The number of fused-ring (bicyclic) bond motifs is 3. The fourth-order valence-corrected chi connectivity index (χ4v) is 14.5. The molecule has 1 aromatic heterocycles. The van der Waals surface area contributed by atoms with Crippen LogP contribution in [0.1, 0.15) is 126 Å². The molecule has 2 heterocycles. The molecule has 12 heteroatoms. The van der Waals surface area contributed by atoms with Gasteiger partial charge < -0.3 is 18.5 Å². The van der Waals surface area contributed by atoms with Crippen molar-refractivity contribution in [2.24, 2.45) is 46.8 Å². The molecule has 4 aliphatic rings. The third kappa shape index (κ3) is 10.6. The molecule has 0 spiro atoms. The lowest BCUT2D eigenvalue weighted by Gasteiger charge is -2.55. The van der Waals surface area contributed by atoms with E-state index >= 15 is 0 Å². The number of anilines is 1. The molecule has 5 unspecified atom stereocenters. The van der Waals surface area contributed by atoms with Crippen LogP contribution >= 0.6 is 0 Å². The van der Waals surface area contributed by atoms with Gasteiger partial charge in [-0.2, -0.15) is 0 Å². The number of sulfonamides is 1. The van der Waals surface area contributed by atoms with Crippen molar-refractivity contribution in [2.45, 2.75) is 180 Å². The van der Waals surface area contributed by atoms with Crippen LogP contribution in [0.15, 0.2) is 23.2 Å². The summed E-state index contributed by atoms with van der Waals surface area (Å²) in [6.07, 6.45) is 14.7. The number of rotatable bonds is 11. The van der Waals surface area contributed by atoms with Gasteiger partial charge in [0.05, 0.1) is 12.7 Å². The highest BCUT2D eigenvalue weighted by atomic mass is 32.2. The lowest BCUT2D eigenvalue weighted by atomic mass is 9.52. The molecular weight excluding hydrogens is 755 g/mol. The summed E-state index contributed by atoms with van der Waals surface area (Å²) >= 11 is 0. The topological polar surface area (TPSA) is 107 Å². The van der Waals surface area contributed by atoms with E-state index in [2.05, 4.69) is 95.8 Å². The van der Waals surface area contributed by atoms with E-state index in [0.717, 1.165) is 63.9 Å². The van der Waals surface area contributed by atoms with E-state index in [1.165, 1.54) is 44.4 Å². The number of ether oxygens (including phenoxy) is 1. The lowest BCUT2D eigenvalue weighted by Crippen LogP contribution is -2.54. The Bertz CT molecular complexity index is 1560. The number of hydrogen-bond acceptors (Lipinski definition) is 8. The van der Waals surface area contributed by atoms with Gasteiger partial charge in [0.25, 0.3) is 10.0 Å². The van der Waals surface area contributed by atoms with Gasteiger partial charge in [0.15, 0.2) is 16.6 Å². The van der Waals surface area contributed by atoms with Crippen LogP contribution in [0.25, 0.3) is 0 Å². The average molecular weight is 834 g/mol. The minimum atomic E-state index is -4.11. The van der Waals surface area contributed by atoms with Crippen LogP contribution in [0.3, 0.4) is 0 Å². The second-order valence-electron chi connectivity index (χ2n) is 21.2. The standard InChI is InChI=1S/C44H79N3O6SSi2/c1-13-33-18-20-34(52-56(11,12)43(4,5)6)19-17-31(2)36-25-26-44(7)37(22-23-38(44)40(36)41(33)53-55(8,9)10)32(3)30-51-42(48)46-54(49,50)35-21-24-39(45-29-35)47-27-15-14-16-28-47/h21,24,29,31-34,36-38,40-41H,13-20,22-23,25-28,30H2,1-12H3,(H,46,48)/t31?,32-,33-,34?,36-,37?,38+,40-,41?,44?/m1/s1. The Kier molecular flexibility index (Phi) is 14.7. The number of aromatic nitrogens is 1. The molecule has 1 aromatic rings. The molecule has 0 bridgehead atoms. The van der Waals surface area contributed by atoms with Crippen molar-refractivity contribution >= 4 is 38.6 Å². The highest BCUT2D eigenvalue weighted by molar-refractivity contribution is 7.90. The molecule has 0 radical (unpaired) electrons. The molecule has 1 N–H and O–H groups in total. The van der Waals surface area contributed by atoms with Crippen LogP contribution in [0.4, 0.5) is 10.6 Å². The van der Waals surface area contributed by atoms with Gasteiger partial charge in [-0.3, -0.25) is 0 Å². The zero-order valence-electron chi connectivity index (χ0n) is 37.3. The minimum Gasteiger partial charge on any atom is -0.449 e. The fourth-order valence-electron chi connectivity index (χ4n) is 11.1. The molecule has 3 aliphatic carbocycles. The molecule has 3 saturated carbocycles. The zero-order chi connectivity index (χ0) is 41.3. The quantitative estimate of drug-likeness (QED) is 0.220. The number of piperidine rings is 1. The predicted molar refractivity (Wildman–Crippen MR) is 233 cm³/mol. The van der Waals surface area contributed by atoms with Crippen molar-refractivity contribution in [1.29, 1.82) is 0 Å². The third-order valence-electron chi connectivity index (χ3n) is 15.2. The molecule has 320 valence electrons. The Morgan fingerprint density at radius 3 is 2.27 bits per heavy atom. The Labute approximate surface area is 343 Å². The third-order valence-corrected chi connectivity index (χ3v) is 22.0. The fraction of sp³-hybridized carbons (Fsp3) is 0.864. The highest BCUT2D eigenvalue weighted by Gasteiger charge is 2.58. The smallest absolute Gasteiger partial charge is 0.421 e. The van der Waals surface area contributed by atoms with Crippen molar-refractivity contribution in [2.75, 3.05) is 24.6 Å². The van der Waals surface area contributed by atoms with Gasteiger partial charge in [0.2, 0.25) is 0 Å². The van der Waals surface area contributed by atoms with Gasteiger partial charge in [-0.05, 0) is 167 Å². The molecule has 4 fully saturated rings. The molecule has 9 nitrogen and oxygen atoms in total. The Hall–Kier alpha value is -1.48. The van der Waals surface area contributed by atoms with E-state index in [0.29, 0.717) is 41.6 Å². The van der Waals surface area contributed by atoms with E-state index < -0.39 is 32.8 Å². The predicted octanol–water partition coefficient (Wildman–Crippen LogP) is 11.0. The Morgan fingerprint density at radius 1 is 0.982 bits per heavy atom. The summed E-state index contributed by atoms with van der Waals surface area (Å²) in [7, 11) is -7.88. The number of pyridine rings is 1. The largest absolute Gasteiger partial charge is 0.449 e. The summed E-state index contributed by atoms with van der Waals surface area (Å²) in [5, 5.41) is 0.195. The molecule has 1 amide bonds. The van der Waals surface area contributed by atoms with Crippen LogP contribution in [-0.2, 0) is 23.6 Å². The summed E-state index contributed by atoms with van der Waals surface area (Å²) in [5.41, 5.74) is 0.103. The van der Waals surface area contributed by atoms with Gasteiger partial charge in [-0.1, -0.05) is 54.9 Å². The average Bonchev–Trinajstić information content (AvgIpc) is 3.48. The maximum Gasteiger partial charge on any atom is 0.421 e. The van der Waals surface area contributed by atoms with Crippen molar-refractivity contribution in [3.63, 3.8) is 0 Å². The first-order valence-corrected chi connectivity index (χ1v) is 30.1. The minimum absolute atomic E-state index is 0.0368. The number of amides is 1. The van der Waals surface area contributed by atoms with Crippen molar-refractivity contribution < 1.29 is 26.8 Å². The van der Waals surface area contributed by atoms with E-state index in [1.807, 2.05) is 0 Å². The highest BCUT2D eigenvalue weighted by Crippen LogP contribution is 2.64. The summed E-state index contributed by atoms with van der Waals surface area (Å²) in [6.45, 7) is 30.6. The number of carbonyl (C=O) groups is 1. The van der Waals surface area contributed by atoms with Crippen molar-refractivity contribution in [3.05, 3.63) is 18.3 Å². The van der Waals surface area contributed by atoms with E-state index in [9.17, 15) is 13.2 Å². The van der Waals surface area contributed by atoms with Gasteiger partial charge in [-0.15, -0.1) is 0 Å². The van der Waals surface area contributed by atoms with Crippen LogP contribution in [0.5, 0.6) is 0 Å². The molecule has 10 atom stereocenters. The van der Waals surface area contributed by atoms with Crippen LogP contribution in [-0.4, -0.2) is 68.0 Å². The second kappa shape index (κ2) is 18.0. The number of hydrogen-bond donors (Lipinski definition) is 1. The first-order valence-electron chi connectivity index (χ1n) is 22.3. The summed E-state index contributed by atoms with van der Waals surface area (Å²) in [5.74, 6) is 3.99. The van der Waals surface area contributed by atoms with Gasteiger partial charge in [-0.25, -0.2) is 22.9 Å². The van der Waals surface area contributed by atoms with Crippen LogP contribution in [0.2, 0.25) is 37.8 Å². The first-order chi connectivity index (χ1) is 26.1. The first kappa shape index (κ1) is 45.6. The van der Waals surface area contributed by atoms with Gasteiger partial charge >= 0.3 is 6.09 Å². The molecule has 0 aromatic carbocycles. The number of nitrogens with one attached hydrogen (secondary N) is 1. The van der Waals surface area contributed by atoms with Gasteiger partial charge in [0.1, 0.15) is 10.7 Å². The Morgan fingerprint density at radius 2 is 1.66 bits per heavy atom. The molecular formula is C44H79N3O6SSi2. The maximum absolute atomic E-state index is 13.1. The summed E-state index contributed by atoms with van der Waals surface area (Å²) < 4.78 is 48.7. The normalized spacial score (nSPS) is 32.9. The van der Waals surface area contributed by atoms with Crippen molar-refractivity contribution in [3.8, 4) is 0 Å². The zero-order valence-corrected chi connectivity index (χ0v) is 40.1. The summed E-state index contributed by atoms with van der Waals surface area (Å²) in [4.78, 5) is 19.6. The second-order valence-corrected chi connectivity index (χ2v) is 32.1. The summed E-state index contributed by atoms with van der Waals surface area (Å²) in [6, 6.07) is 3.25. The molecule has 5 rings (SSSR count). The molecule has 1 aliphatic heterocycles. The monoisotopic (exact) mass is 834 g/mol. The van der Waals surface area contributed by atoms with Gasteiger partial charge in [0, 0.05) is 25.4 Å². The lowest BCUT2D eigenvalue weighted by molar-refractivity contribution is -0.0950. The Balaban J connectivity index is 1.28. The van der Waals surface area contributed by atoms with E-state index in [4.69, 9.17) is 13.6 Å². The van der Waals surface area contributed by atoms with E-state index in [-0.39, 0.29) is 34.0 Å². The SMILES string of the molecule is CC[C@@H]1CCC(O[Si](C)(C)C(C)(C)C)CCC(C)[C@H]2CCC3(C)C([C@H](C)COC(=O)NS(=O)(=O)c4ccc(N5CCCCC5)nc4)CC[C@H]3[C@@H]2C1O[Si](C)(C)C. The molecule has 56 heavy (non-hydrogen) atoms. The van der Waals surface area contributed by atoms with Crippen LogP contribution < -0.4 is 9.62 Å². The number of carbonyl (C=O) groups excluding carboxylic acids is 1. The maximum atomic E-state index is 13.1. The van der Waals surface area contributed by atoms with Crippen molar-refractivity contribution in [1.82, 2.24) is 9.71 Å². The van der Waals surface area contributed by atoms with E-state index in [1.54, 1.807) is 6.07 Å². The number of nitrogens with zero attached hydrogens (tertiary/aromatic N) is 2.